The van der Waals surface area contributed by atoms with Crippen molar-refractivity contribution in [2.24, 2.45) is 13.0 Å². The van der Waals surface area contributed by atoms with E-state index in [0.29, 0.717) is 18.0 Å². The average Bonchev–Trinajstić information content (AvgIpc) is 3.06. The largest absolute Gasteiger partial charge is 0.391 e. The molecule has 12 heteroatoms. The first-order chi connectivity index (χ1) is 13.6. The second-order valence-corrected chi connectivity index (χ2v) is 7.85. The Bertz CT molecular complexity index is 918. The summed E-state index contributed by atoms with van der Waals surface area (Å²) in [6.45, 7) is 0. The SMILES string of the molecule is Cn1cnnc1Sc1ccc(C(=O)NC2CCCC(C(F)(F)F)C2)cc1[N+](=O)[O-]. The van der Waals surface area contributed by atoms with Crippen LogP contribution in [0.3, 0.4) is 0 Å². The van der Waals surface area contributed by atoms with E-state index in [1.807, 2.05) is 0 Å². The highest BCUT2D eigenvalue weighted by Crippen LogP contribution is 2.38. The Morgan fingerprint density at radius 2 is 2.14 bits per heavy atom. The number of hydrogen-bond donors (Lipinski definition) is 1. The number of halogens is 3. The summed E-state index contributed by atoms with van der Waals surface area (Å²) in [5, 5.41) is 22.0. The van der Waals surface area contributed by atoms with Crippen LogP contribution in [0.4, 0.5) is 18.9 Å². The van der Waals surface area contributed by atoms with E-state index in [0.717, 1.165) is 17.8 Å². The van der Waals surface area contributed by atoms with Gasteiger partial charge in [-0.2, -0.15) is 13.2 Å². The summed E-state index contributed by atoms with van der Waals surface area (Å²) >= 11 is 1.03. The molecule has 29 heavy (non-hydrogen) atoms. The highest BCUT2D eigenvalue weighted by molar-refractivity contribution is 7.99. The van der Waals surface area contributed by atoms with Gasteiger partial charge in [0.1, 0.15) is 6.33 Å². The van der Waals surface area contributed by atoms with Crippen molar-refractivity contribution < 1.29 is 22.9 Å². The fourth-order valence-corrected chi connectivity index (χ4v) is 4.09. The van der Waals surface area contributed by atoms with Crippen LogP contribution < -0.4 is 5.32 Å². The number of aromatic nitrogens is 3. The van der Waals surface area contributed by atoms with Gasteiger partial charge in [-0.3, -0.25) is 14.9 Å². The number of aryl methyl sites for hydroxylation is 1. The fraction of sp³-hybridized carbons (Fsp3) is 0.471. The summed E-state index contributed by atoms with van der Waals surface area (Å²) in [4.78, 5) is 23.6. The number of nitro groups is 1. The van der Waals surface area contributed by atoms with Crippen LogP contribution in [0.5, 0.6) is 0 Å². The van der Waals surface area contributed by atoms with Crippen molar-refractivity contribution in [3.8, 4) is 0 Å². The Hall–Kier alpha value is -2.63. The van der Waals surface area contributed by atoms with Crippen LogP contribution >= 0.6 is 11.8 Å². The molecule has 8 nitrogen and oxygen atoms in total. The fourth-order valence-electron chi connectivity index (χ4n) is 3.24. The third-order valence-electron chi connectivity index (χ3n) is 4.76. The summed E-state index contributed by atoms with van der Waals surface area (Å²) in [6, 6.07) is 3.34. The number of carbonyl (C=O) groups is 1. The predicted octanol–water partition coefficient (Wildman–Crippen LogP) is 3.73. The Labute approximate surface area is 168 Å². The highest BCUT2D eigenvalue weighted by Gasteiger charge is 2.42. The molecule has 0 spiro atoms. The minimum atomic E-state index is -4.29. The standard InChI is InChI=1S/C17H18F3N5O3S/c1-24-9-21-23-16(24)29-14-6-5-10(7-13(14)25(27)28)15(26)22-12-4-2-3-11(8-12)17(18,19)20/h5-7,9,11-12H,2-4,8H2,1H3,(H,22,26). The summed E-state index contributed by atoms with van der Waals surface area (Å²) in [7, 11) is 1.69. The molecule has 2 atom stereocenters. The number of alkyl halides is 3. The lowest BCUT2D eigenvalue weighted by Crippen LogP contribution is -2.41. The first kappa shape index (κ1) is 21.1. The minimum absolute atomic E-state index is 0.0214. The van der Waals surface area contributed by atoms with E-state index in [2.05, 4.69) is 15.5 Å². The van der Waals surface area contributed by atoms with Crippen molar-refractivity contribution in [1.82, 2.24) is 20.1 Å². The van der Waals surface area contributed by atoms with Gasteiger partial charge in [0, 0.05) is 24.7 Å². The molecule has 0 aliphatic heterocycles. The number of hydrogen-bond acceptors (Lipinski definition) is 6. The molecule has 0 bridgehead atoms. The zero-order valence-electron chi connectivity index (χ0n) is 15.3. The summed E-state index contributed by atoms with van der Waals surface area (Å²) in [5.41, 5.74) is -0.268. The molecule has 2 aromatic rings. The molecule has 156 valence electrons. The van der Waals surface area contributed by atoms with Gasteiger partial charge in [0.05, 0.1) is 15.7 Å². The minimum Gasteiger partial charge on any atom is -0.349 e. The number of amides is 1. The zero-order valence-corrected chi connectivity index (χ0v) is 16.2. The molecule has 1 aromatic heterocycles. The Morgan fingerprint density at radius 3 is 2.76 bits per heavy atom. The van der Waals surface area contributed by atoms with Gasteiger partial charge in [-0.1, -0.05) is 6.42 Å². The molecule has 0 radical (unpaired) electrons. The van der Waals surface area contributed by atoms with E-state index in [4.69, 9.17) is 0 Å². The topological polar surface area (TPSA) is 103 Å². The van der Waals surface area contributed by atoms with E-state index in [-0.39, 0.29) is 29.0 Å². The third kappa shape index (κ3) is 5.05. The molecule has 1 aliphatic rings. The Morgan fingerprint density at radius 1 is 1.38 bits per heavy atom. The van der Waals surface area contributed by atoms with Crippen molar-refractivity contribution in [3.63, 3.8) is 0 Å². The lowest BCUT2D eigenvalue weighted by molar-refractivity contribution is -0.387. The van der Waals surface area contributed by atoms with Gasteiger partial charge in [0.2, 0.25) is 0 Å². The molecule has 1 amide bonds. The van der Waals surface area contributed by atoms with Crippen molar-refractivity contribution >= 4 is 23.4 Å². The average molecular weight is 429 g/mol. The molecule has 1 saturated carbocycles. The van der Waals surface area contributed by atoms with Gasteiger partial charge in [-0.15, -0.1) is 10.2 Å². The van der Waals surface area contributed by atoms with Crippen LogP contribution in [0.25, 0.3) is 0 Å². The maximum absolute atomic E-state index is 12.9. The van der Waals surface area contributed by atoms with E-state index in [1.165, 1.54) is 18.5 Å². The number of nitro benzene ring substituents is 1. The number of nitrogens with one attached hydrogen (secondary N) is 1. The summed E-state index contributed by atoms with van der Waals surface area (Å²) in [6.07, 6.45) is -2.16. The highest BCUT2D eigenvalue weighted by atomic mass is 32.2. The van der Waals surface area contributed by atoms with E-state index in [9.17, 15) is 28.1 Å². The summed E-state index contributed by atoms with van der Waals surface area (Å²) in [5.74, 6) is -2.07. The molecule has 0 saturated heterocycles. The van der Waals surface area contributed by atoms with E-state index in [1.54, 1.807) is 11.6 Å². The second kappa shape index (κ2) is 8.39. The second-order valence-electron chi connectivity index (χ2n) is 6.84. The Kier molecular flexibility index (Phi) is 6.10. The van der Waals surface area contributed by atoms with Crippen LogP contribution in [0.15, 0.2) is 34.6 Å². The van der Waals surface area contributed by atoms with Crippen molar-refractivity contribution in [1.29, 1.82) is 0 Å². The molecule has 3 rings (SSSR count). The molecule has 2 unspecified atom stereocenters. The van der Waals surface area contributed by atoms with Gasteiger partial charge < -0.3 is 9.88 Å². The molecule has 1 N–H and O–H groups in total. The number of carbonyl (C=O) groups excluding carboxylic acids is 1. The van der Waals surface area contributed by atoms with Gasteiger partial charge in [-0.05, 0) is 43.2 Å². The van der Waals surface area contributed by atoms with Crippen LogP contribution in [0.2, 0.25) is 0 Å². The van der Waals surface area contributed by atoms with Crippen molar-refractivity contribution in [2.45, 2.75) is 48.0 Å². The maximum atomic E-state index is 12.9. The molecule has 1 fully saturated rings. The number of benzene rings is 1. The van der Waals surface area contributed by atoms with Crippen molar-refractivity contribution in [3.05, 3.63) is 40.2 Å². The predicted molar refractivity (Wildman–Crippen MR) is 97.5 cm³/mol. The first-order valence-corrected chi connectivity index (χ1v) is 9.64. The van der Waals surface area contributed by atoms with Crippen LogP contribution in [-0.4, -0.2) is 37.8 Å². The molecule has 1 aliphatic carbocycles. The summed E-state index contributed by atoms with van der Waals surface area (Å²) < 4.78 is 40.4. The van der Waals surface area contributed by atoms with Gasteiger partial charge in [0.15, 0.2) is 5.16 Å². The first-order valence-electron chi connectivity index (χ1n) is 8.83. The number of rotatable bonds is 5. The van der Waals surface area contributed by atoms with Crippen LogP contribution in [0.1, 0.15) is 36.0 Å². The lowest BCUT2D eigenvalue weighted by atomic mass is 9.85. The maximum Gasteiger partial charge on any atom is 0.391 e. The third-order valence-corrected chi connectivity index (χ3v) is 5.88. The zero-order chi connectivity index (χ0) is 21.2. The van der Waals surface area contributed by atoms with Gasteiger partial charge in [-0.25, -0.2) is 0 Å². The number of nitrogens with zero attached hydrogens (tertiary/aromatic N) is 4. The lowest BCUT2D eigenvalue weighted by Gasteiger charge is -2.31. The Balaban J connectivity index is 1.75. The smallest absolute Gasteiger partial charge is 0.349 e. The van der Waals surface area contributed by atoms with Gasteiger partial charge in [0.25, 0.3) is 11.6 Å². The van der Waals surface area contributed by atoms with Crippen LogP contribution in [0, 0.1) is 16.0 Å². The molecular formula is C17H18F3N5O3S. The van der Waals surface area contributed by atoms with Gasteiger partial charge >= 0.3 is 6.18 Å². The quantitative estimate of drug-likeness (QED) is 0.574. The molecule has 1 heterocycles. The normalized spacial score (nSPS) is 19.7. The van der Waals surface area contributed by atoms with E-state index >= 15 is 0 Å². The van der Waals surface area contributed by atoms with Crippen molar-refractivity contribution in [2.75, 3.05) is 0 Å². The molecular weight excluding hydrogens is 411 g/mol. The van der Waals surface area contributed by atoms with Crippen LogP contribution in [-0.2, 0) is 7.05 Å². The molecule has 1 aromatic carbocycles. The monoisotopic (exact) mass is 429 g/mol. The van der Waals surface area contributed by atoms with E-state index < -0.39 is 29.0 Å².